The first kappa shape index (κ1) is 39.0. The Balaban J connectivity index is 1.07. The summed E-state index contributed by atoms with van der Waals surface area (Å²) < 4.78 is 0. The summed E-state index contributed by atoms with van der Waals surface area (Å²) in [6.07, 6.45) is 2.01. The van der Waals surface area contributed by atoms with Gasteiger partial charge in [-0.25, -0.2) is 0 Å². The van der Waals surface area contributed by atoms with Crippen LogP contribution < -0.4 is 0 Å². The first-order valence-corrected chi connectivity index (χ1v) is 22.7. The molecule has 1 nitrogen and oxygen atoms in total. The van der Waals surface area contributed by atoms with Crippen LogP contribution in [0.5, 0.6) is 0 Å². The van der Waals surface area contributed by atoms with E-state index in [0.717, 1.165) is 33.3 Å². The standard InChI is InChI=1S/C65H43N/c1-5-21-44(22-6-1)58-42-59(63(46-25-9-3-10-26-46)64(47-27-11-4-12-28-47)62(58)45-23-7-2-8-24-45)51-33-19-31-48(39-51)49-32-20-34-52(40-49)61-54-35-15-17-37-56(54)65(57-38-18-16-36-55(57)61)60-41-50-29-13-14-30-53(50)43-66-60/h1-43H. The van der Waals surface area contributed by atoms with E-state index in [1.165, 1.54) is 88.1 Å². The molecule has 0 aliphatic carbocycles. The Morgan fingerprint density at radius 2 is 0.591 bits per heavy atom. The van der Waals surface area contributed by atoms with Crippen LogP contribution in [0, 0.1) is 0 Å². The molecule has 12 aromatic rings. The molecule has 0 bridgehead atoms. The second-order valence-corrected chi connectivity index (χ2v) is 17.0. The van der Waals surface area contributed by atoms with Gasteiger partial charge in [-0.05, 0) is 129 Å². The molecule has 66 heavy (non-hydrogen) atoms. The Morgan fingerprint density at radius 3 is 1.14 bits per heavy atom. The van der Waals surface area contributed by atoms with Gasteiger partial charge >= 0.3 is 0 Å². The highest BCUT2D eigenvalue weighted by Gasteiger charge is 2.24. The normalized spacial score (nSPS) is 11.3. The third kappa shape index (κ3) is 6.95. The average molecular weight is 838 g/mol. The monoisotopic (exact) mass is 837 g/mol. The second-order valence-electron chi connectivity index (χ2n) is 17.0. The Hall–Kier alpha value is -8.65. The molecule has 0 radical (unpaired) electrons. The highest BCUT2D eigenvalue weighted by molar-refractivity contribution is 6.21. The van der Waals surface area contributed by atoms with Crippen LogP contribution in [0.15, 0.2) is 261 Å². The van der Waals surface area contributed by atoms with Gasteiger partial charge in [-0.1, -0.05) is 231 Å². The summed E-state index contributed by atoms with van der Waals surface area (Å²) in [5, 5.41) is 7.13. The van der Waals surface area contributed by atoms with E-state index < -0.39 is 0 Å². The van der Waals surface area contributed by atoms with Gasteiger partial charge in [0.05, 0.1) is 5.69 Å². The SMILES string of the molecule is c1ccc(-c2cc(-c3cccc(-c4cccc(-c5c6ccccc6c(-c6cc7ccccc7cn6)c6ccccc56)c4)c3)c(-c3ccccc3)c(-c3ccccc3)c2-c2ccccc2)cc1. The van der Waals surface area contributed by atoms with Gasteiger partial charge in [0, 0.05) is 17.1 Å². The zero-order chi connectivity index (χ0) is 43.8. The smallest absolute Gasteiger partial charge is 0.0720 e. The first-order chi connectivity index (χ1) is 32.8. The van der Waals surface area contributed by atoms with Crippen molar-refractivity contribution < 1.29 is 0 Å². The third-order valence-electron chi connectivity index (χ3n) is 13.1. The van der Waals surface area contributed by atoms with Crippen molar-refractivity contribution in [3.05, 3.63) is 261 Å². The molecule has 1 heteroatoms. The van der Waals surface area contributed by atoms with Crippen LogP contribution in [0.25, 0.3) is 121 Å². The van der Waals surface area contributed by atoms with Crippen molar-refractivity contribution in [3.8, 4) is 89.1 Å². The molecule has 0 saturated heterocycles. The summed E-state index contributed by atoms with van der Waals surface area (Å²) in [6.45, 7) is 0. The quantitative estimate of drug-likeness (QED) is 0.139. The van der Waals surface area contributed by atoms with Gasteiger partial charge in [-0.15, -0.1) is 0 Å². The Kier molecular flexibility index (Phi) is 9.93. The minimum atomic E-state index is 0.982. The number of rotatable bonds is 8. The average Bonchev–Trinajstić information content (AvgIpc) is 3.40. The molecule has 0 N–H and O–H groups in total. The zero-order valence-electron chi connectivity index (χ0n) is 36.3. The number of hydrogen-bond acceptors (Lipinski definition) is 1. The van der Waals surface area contributed by atoms with E-state index in [1.807, 2.05) is 6.20 Å². The van der Waals surface area contributed by atoms with Crippen LogP contribution in [-0.4, -0.2) is 4.98 Å². The van der Waals surface area contributed by atoms with Crippen molar-refractivity contribution in [3.63, 3.8) is 0 Å². The van der Waals surface area contributed by atoms with Crippen LogP contribution in [0.1, 0.15) is 0 Å². The number of fused-ring (bicyclic) bond motifs is 3. The highest BCUT2D eigenvalue weighted by atomic mass is 14.7. The number of pyridine rings is 1. The minimum Gasteiger partial charge on any atom is -0.256 e. The van der Waals surface area contributed by atoms with Gasteiger partial charge in [0.15, 0.2) is 0 Å². The summed E-state index contributed by atoms with van der Waals surface area (Å²) in [5.74, 6) is 0. The third-order valence-corrected chi connectivity index (χ3v) is 13.1. The highest BCUT2D eigenvalue weighted by Crippen LogP contribution is 2.51. The lowest BCUT2D eigenvalue weighted by molar-refractivity contribution is 1.37. The molecule has 0 aliphatic rings. The summed E-state index contributed by atoms with van der Waals surface area (Å²) in [5.41, 5.74) is 18.8. The van der Waals surface area contributed by atoms with E-state index in [0.29, 0.717) is 0 Å². The van der Waals surface area contributed by atoms with E-state index in [1.54, 1.807) is 0 Å². The first-order valence-electron chi connectivity index (χ1n) is 22.7. The molecular formula is C65H43N. The van der Waals surface area contributed by atoms with E-state index in [4.69, 9.17) is 4.98 Å². The molecule has 11 aromatic carbocycles. The second kappa shape index (κ2) is 16.8. The molecule has 1 heterocycles. The zero-order valence-corrected chi connectivity index (χ0v) is 36.3. The van der Waals surface area contributed by atoms with Crippen molar-refractivity contribution in [1.82, 2.24) is 4.98 Å². The number of nitrogens with zero attached hydrogens (tertiary/aromatic N) is 1. The number of hydrogen-bond donors (Lipinski definition) is 0. The maximum Gasteiger partial charge on any atom is 0.0720 e. The summed E-state index contributed by atoms with van der Waals surface area (Å²) in [4.78, 5) is 5.06. The van der Waals surface area contributed by atoms with Crippen molar-refractivity contribution in [2.24, 2.45) is 0 Å². The molecule has 0 spiro atoms. The topological polar surface area (TPSA) is 12.9 Å². The maximum atomic E-state index is 5.06. The molecule has 12 rings (SSSR count). The molecule has 1 aromatic heterocycles. The van der Waals surface area contributed by atoms with E-state index in [9.17, 15) is 0 Å². The van der Waals surface area contributed by atoms with E-state index in [2.05, 4.69) is 255 Å². The number of aromatic nitrogens is 1. The largest absolute Gasteiger partial charge is 0.256 e. The van der Waals surface area contributed by atoms with Gasteiger partial charge in [0.1, 0.15) is 0 Å². The van der Waals surface area contributed by atoms with Gasteiger partial charge < -0.3 is 0 Å². The molecule has 0 amide bonds. The molecule has 0 aliphatic heterocycles. The van der Waals surface area contributed by atoms with Crippen molar-refractivity contribution in [2.45, 2.75) is 0 Å². The Morgan fingerprint density at radius 1 is 0.212 bits per heavy atom. The fourth-order valence-electron chi connectivity index (χ4n) is 10.1. The van der Waals surface area contributed by atoms with Crippen LogP contribution in [0.3, 0.4) is 0 Å². The predicted octanol–water partition coefficient (Wildman–Crippen LogP) is 17.9. The molecule has 308 valence electrons. The van der Waals surface area contributed by atoms with Crippen LogP contribution in [0.4, 0.5) is 0 Å². The van der Waals surface area contributed by atoms with Crippen molar-refractivity contribution >= 4 is 32.3 Å². The van der Waals surface area contributed by atoms with Gasteiger partial charge in [-0.2, -0.15) is 0 Å². The predicted molar refractivity (Wildman–Crippen MR) is 280 cm³/mol. The Bertz CT molecular complexity index is 3670. The fourth-order valence-corrected chi connectivity index (χ4v) is 10.1. The fraction of sp³-hybridized carbons (Fsp3) is 0. The lowest BCUT2D eigenvalue weighted by atomic mass is 9.78. The molecular weight excluding hydrogens is 795 g/mol. The van der Waals surface area contributed by atoms with Gasteiger partial charge in [-0.3, -0.25) is 4.98 Å². The molecule has 0 fully saturated rings. The lowest BCUT2D eigenvalue weighted by Gasteiger charge is -2.24. The van der Waals surface area contributed by atoms with Gasteiger partial charge in [0.2, 0.25) is 0 Å². The van der Waals surface area contributed by atoms with Crippen LogP contribution in [0.2, 0.25) is 0 Å². The molecule has 0 atom stereocenters. The van der Waals surface area contributed by atoms with Crippen LogP contribution >= 0.6 is 0 Å². The van der Waals surface area contributed by atoms with E-state index in [-0.39, 0.29) is 0 Å². The molecule has 0 saturated carbocycles. The Labute approximate surface area is 385 Å². The maximum absolute atomic E-state index is 5.06. The minimum absolute atomic E-state index is 0.982. The molecule has 0 unspecified atom stereocenters. The van der Waals surface area contributed by atoms with Crippen molar-refractivity contribution in [2.75, 3.05) is 0 Å². The summed E-state index contributed by atoms with van der Waals surface area (Å²) >= 11 is 0. The number of benzene rings is 11. The van der Waals surface area contributed by atoms with Gasteiger partial charge in [0.25, 0.3) is 0 Å². The lowest BCUT2D eigenvalue weighted by Crippen LogP contribution is -1.98. The van der Waals surface area contributed by atoms with Crippen LogP contribution in [-0.2, 0) is 0 Å². The summed E-state index contributed by atoms with van der Waals surface area (Å²) in [6, 6.07) is 92.7. The van der Waals surface area contributed by atoms with Crippen molar-refractivity contribution in [1.29, 1.82) is 0 Å². The summed E-state index contributed by atoms with van der Waals surface area (Å²) in [7, 11) is 0. The van der Waals surface area contributed by atoms with E-state index >= 15 is 0 Å².